The summed E-state index contributed by atoms with van der Waals surface area (Å²) in [7, 11) is 0. The van der Waals surface area contributed by atoms with Crippen molar-refractivity contribution in [2.24, 2.45) is 0 Å². The Kier molecular flexibility index (Phi) is 3.49. The van der Waals surface area contributed by atoms with Gasteiger partial charge in [0, 0.05) is 0 Å². The van der Waals surface area contributed by atoms with Crippen molar-refractivity contribution in [2.75, 3.05) is 0 Å². The zero-order valence-corrected chi connectivity index (χ0v) is 11.4. The minimum Gasteiger partial charge on any atom is -0.475 e. The highest BCUT2D eigenvalue weighted by Gasteiger charge is 2.42. The van der Waals surface area contributed by atoms with Crippen LogP contribution in [0.4, 0.5) is 4.39 Å². The highest BCUT2D eigenvalue weighted by atomic mass is 19.1. The highest BCUT2D eigenvalue weighted by molar-refractivity contribution is 5.58. The van der Waals surface area contributed by atoms with Gasteiger partial charge in [-0.2, -0.15) is 15.8 Å². The van der Waals surface area contributed by atoms with Crippen LogP contribution in [0.1, 0.15) is 19.4 Å². The number of benzene rings is 1. The number of rotatable bonds is 1. The first-order valence-corrected chi connectivity index (χ1v) is 6.09. The Bertz CT molecular complexity index is 769. The molecule has 1 unspecified atom stereocenters. The molecule has 0 radical (unpaired) electrons. The average molecular weight is 279 g/mol. The highest BCUT2D eigenvalue weighted by Crippen LogP contribution is 2.45. The fourth-order valence-corrected chi connectivity index (χ4v) is 2.22. The molecule has 21 heavy (non-hydrogen) atoms. The maximum Gasteiger partial charge on any atom is 0.172 e. The number of allylic oxidation sites excluding steroid dienone is 2. The van der Waals surface area contributed by atoms with Crippen molar-refractivity contribution >= 4 is 0 Å². The van der Waals surface area contributed by atoms with Crippen LogP contribution < -0.4 is 0 Å². The molecule has 102 valence electrons. The Balaban J connectivity index is 2.66. The molecule has 0 saturated heterocycles. The number of halogens is 1. The molecule has 0 spiro atoms. The third kappa shape index (κ3) is 2.14. The van der Waals surface area contributed by atoms with Gasteiger partial charge in [0.25, 0.3) is 0 Å². The fourth-order valence-electron chi connectivity index (χ4n) is 2.22. The molecular formula is C16H10FN3O. The quantitative estimate of drug-likeness (QED) is 0.739. The monoisotopic (exact) mass is 279 g/mol. The van der Waals surface area contributed by atoms with E-state index in [0.717, 1.165) is 0 Å². The molecule has 4 nitrogen and oxygen atoms in total. The Labute approximate surface area is 121 Å². The summed E-state index contributed by atoms with van der Waals surface area (Å²) < 4.78 is 18.8. The summed E-state index contributed by atoms with van der Waals surface area (Å²) in [6.45, 7) is 3.41. The second-order valence-electron chi connectivity index (χ2n) is 4.68. The van der Waals surface area contributed by atoms with E-state index in [9.17, 15) is 9.65 Å². The van der Waals surface area contributed by atoms with E-state index in [1.807, 2.05) is 6.07 Å². The van der Waals surface area contributed by atoms with E-state index in [1.165, 1.54) is 12.1 Å². The minimum absolute atomic E-state index is 0.0215. The standard InChI is InChI=1S/C16H10FN3O/c1-10-14(9-20)15(11(7-18)8-19)21-16(10,2)12-3-5-13(17)6-4-12/h3-6H,1-2H3. The van der Waals surface area contributed by atoms with Gasteiger partial charge in [-0.3, -0.25) is 0 Å². The van der Waals surface area contributed by atoms with Crippen molar-refractivity contribution in [1.29, 1.82) is 15.8 Å². The smallest absolute Gasteiger partial charge is 0.172 e. The number of nitriles is 3. The average Bonchev–Trinajstić information content (AvgIpc) is 2.74. The van der Waals surface area contributed by atoms with Crippen LogP contribution in [0, 0.1) is 39.8 Å². The van der Waals surface area contributed by atoms with Gasteiger partial charge in [0.05, 0.1) is 5.57 Å². The second-order valence-corrected chi connectivity index (χ2v) is 4.68. The number of ether oxygens (including phenoxy) is 1. The predicted octanol–water partition coefficient (Wildman–Crippen LogP) is 3.21. The van der Waals surface area contributed by atoms with Gasteiger partial charge >= 0.3 is 0 Å². The lowest BCUT2D eigenvalue weighted by Crippen LogP contribution is -2.22. The molecule has 5 heteroatoms. The molecule has 1 aromatic carbocycles. The first kappa shape index (κ1) is 14.3. The van der Waals surface area contributed by atoms with Crippen LogP contribution >= 0.6 is 0 Å². The molecule has 2 rings (SSSR count). The van der Waals surface area contributed by atoms with Gasteiger partial charge < -0.3 is 4.74 Å². The van der Waals surface area contributed by atoms with Crippen molar-refractivity contribution in [3.8, 4) is 18.2 Å². The van der Waals surface area contributed by atoms with Crippen molar-refractivity contribution in [1.82, 2.24) is 0 Å². The van der Waals surface area contributed by atoms with Crippen molar-refractivity contribution < 1.29 is 9.13 Å². The van der Waals surface area contributed by atoms with Gasteiger partial charge in [-0.25, -0.2) is 4.39 Å². The molecule has 1 aliphatic heterocycles. The van der Waals surface area contributed by atoms with Gasteiger partial charge in [-0.1, -0.05) is 12.1 Å². The predicted molar refractivity (Wildman–Crippen MR) is 71.4 cm³/mol. The molecule has 0 fully saturated rings. The fraction of sp³-hybridized carbons (Fsp3) is 0.188. The summed E-state index contributed by atoms with van der Waals surface area (Å²) in [5, 5.41) is 27.2. The van der Waals surface area contributed by atoms with Crippen LogP contribution in [0.3, 0.4) is 0 Å². The molecule has 0 N–H and O–H groups in total. The van der Waals surface area contributed by atoms with Crippen molar-refractivity contribution in [2.45, 2.75) is 19.4 Å². The summed E-state index contributed by atoms with van der Waals surface area (Å²) in [6.07, 6.45) is 0. The van der Waals surface area contributed by atoms with Gasteiger partial charge in [-0.15, -0.1) is 0 Å². The molecule has 0 aromatic heterocycles. The Hall–Kier alpha value is -3.10. The van der Waals surface area contributed by atoms with Gasteiger partial charge in [-0.05, 0) is 37.1 Å². The van der Waals surface area contributed by atoms with Gasteiger partial charge in [0.1, 0.15) is 24.0 Å². The molecule has 0 saturated carbocycles. The van der Waals surface area contributed by atoms with Crippen molar-refractivity contribution in [3.63, 3.8) is 0 Å². The zero-order chi connectivity index (χ0) is 15.6. The lowest BCUT2D eigenvalue weighted by molar-refractivity contribution is 0.0727. The van der Waals surface area contributed by atoms with E-state index in [-0.39, 0.29) is 22.7 Å². The summed E-state index contributed by atoms with van der Waals surface area (Å²) in [5.74, 6) is -0.403. The second kappa shape index (κ2) is 5.12. The van der Waals surface area contributed by atoms with Gasteiger partial charge in [0.2, 0.25) is 0 Å². The van der Waals surface area contributed by atoms with Crippen LogP contribution in [0.15, 0.2) is 46.7 Å². The largest absolute Gasteiger partial charge is 0.475 e. The van der Waals surface area contributed by atoms with E-state index in [2.05, 4.69) is 0 Å². The summed E-state index contributed by atoms with van der Waals surface area (Å²) in [6, 6.07) is 11.1. The SMILES string of the molecule is CC1=C(C#N)C(=C(C#N)C#N)OC1(C)c1ccc(F)cc1. The van der Waals surface area contributed by atoms with Crippen molar-refractivity contribution in [3.05, 3.63) is 58.1 Å². The van der Waals surface area contributed by atoms with E-state index < -0.39 is 5.60 Å². The summed E-state index contributed by atoms with van der Waals surface area (Å²) in [5.41, 5.74) is 0.123. The van der Waals surface area contributed by atoms with Crippen LogP contribution in [0.2, 0.25) is 0 Å². The van der Waals surface area contributed by atoms with Gasteiger partial charge in [0.15, 0.2) is 16.9 Å². The van der Waals surface area contributed by atoms with Crippen LogP contribution in [-0.4, -0.2) is 0 Å². The summed E-state index contributed by atoms with van der Waals surface area (Å²) in [4.78, 5) is 0. The first-order chi connectivity index (χ1) is 9.97. The van der Waals surface area contributed by atoms with Crippen LogP contribution in [0.5, 0.6) is 0 Å². The third-order valence-electron chi connectivity index (χ3n) is 3.58. The molecule has 0 amide bonds. The third-order valence-corrected chi connectivity index (χ3v) is 3.58. The zero-order valence-electron chi connectivity index (χ0n) is 11.4. The number of hydrogen-bond acceptors (Lipinski definition) is 4. The lowest BCUT2D eigenvalue weighted by Gasteiger charge is -2.26. The molecule has 1 aliphatic rings. The Morgan fingerprint density at radius 1 is 1.14 bits per heavy atom. The first-order valence-electron chi connectivity index (χ1n) is 6.09. The molecule has 1 aromatic rings. The number of nitrogens with zero attached hydrogens (tertiary/aromatic N) is 3. The van der Waals surface area contributed by atoms with E-state index >= 15 is 0 Å². The van der Waals surface area contributed by atoms with E-state index in [0.29, 0.717) is 11.1 Å². The van der Waals surface area contributed by atoms with Crippen LogP contribution in [-0.2, 0) is 10.3 Å². The molecule has 0 aliphatic carbocycles. The molecule has 1 atom stereocenters. The van der Waals surface area contributed by atoms with Crippen LogP contribution in [0.25, 0.3) is 0 Å². The molecule has 0 bridgehead atoms. The Morgan fingerprint density at radius 3 is 2.19 bits per heavy atom. The molecular weight excluding hydrogens is 269 g/mol. The normalized spacial score (nSPS) is 20.3. The lowest BCUT2D eigenvalue weighted by atomic mass is 9.88. The minimum atomic E-state index is -1.01. The Morgan fingerprint density at radius 2 is 1.71 bits per heavy atom. The molecule has 1 heterocycles. The maximum absolute atomic E-state index is 13.1. The number of hydrogen-bond donors (Lipinski definition) is 0. The van der Waals surface area contributed by atoms with E-state index in [1.54, 1.807) is 38.1 Å². The summed E-state index contributed by atoms with van der Waals surface area (Å²) >= 11 is 0. The van der Waals surface area contributed by atoms with E-state index in [4.69, 9.17) is 15.3 Å². The topological polar surface area (TPSA) is 80.6 Å². The maximum atomic E-state index is 13.1.